The molecule has 0 bridgehead atoms. The van der Waals surface area contributed by atoms with Crippen LogP contribution in [0.25, 0.3) is 10.8 Å². The third-order valence-corrected chi connectivity index (χ3v) is 2.87. The Hall–Kier alpha value is -2.03. The second-order valence-electron chi connectivity index (χ2n) is 3.99. The van der Waals surface area contributed by atoms with Crippen LogP contribution in [0.3, 0.4) is 0 Å². The maximum atomic E-state index is 10.8. The zero-order valence-electron chi connectivity index (χ0n) is 9.86. The van der Waals surface area contributed by atoms with Crippen molar-refractivity contribution in [3.05, 3.63) is 41.5 Å². The first-order valence-corrected chi connectivity index (χ1v) is 5.40. The molecule has 0 heterocycles. The summed E-state index contributed by atoms with van der Waals surface area (Å²) in [5, 5.41) is 11.0. The molecule has 0 aromatic heterocycles. The van der Waals surface area contributed by atoms with E-state index in [1.54, 1.807) is 7.11 Å². The van der Waals surface area contributed by atoms with Gasteiger partial charge in [-0.15, -0.1) is 0 Å². The number of methoxy groups -OCH3 is 1. The number of hydrogen-bond acceptors (Lipinski definition) is 2. The van der Waals surface area contributed by atoms with Crippen LogP contribution in [0, 0.1) is 6.92 Å². The highest BCUT2D eigenvalue weighted by Crippen LogP contribution is 2.31. The number of fused-ring (bicyclic) bond motifs is 1. The summed E-state index contributed by atoms with van der Waals surface area (Å²) in [4.78, 5) is 10.8. The molecular weight excluding hydrogens is 216 g/mol. The van der Waals surface area contributed by atoms with Gasteiger partial charge in [0.05, 0.1) is 13.5 Å². The van der Waals surface area contributed by atoms with Gasteiger partial charge in [0.1, 0.15) is 5.75 Å². The molecule has 88 valence electrons. The fourth-order valence-corrected chi connectivity index (χ4v) is 2.16. The Balaban J connectivity index is 2.70. The number of benzene rings is 2. The lowest BCUT2D eigenvalue weighted by Crippen LogP contribution is -2.03. The van der Waals surface area contributed by atoms with Gasteiger partial charge in [-0.25, -0.2) is 0 Å². The summed E-state index contributed by atoms with van der Waals surface area (Å²) >= 11 is 0. The first-order valence-electron chi connectivity index (χ1n) is 5.40. The third-order valence-electron chi connectivity index (χ3n) is 2.87. The predicted octanol–water partition coefficient (Wildman–Crippen LogP) is 2.78. The molecule has 0 saturated carbocycles. The molecule has 17 heavy (non-hydrogen) atoms. The Bertz CT molecular complexity index is 573. The summed E-state index contributed by atoms with van der Waals surface area (Å²) in [6.07, 6.45) is -0.0190. The second kappa shape index (κ2) is 4.45. The van der Waals surface area contributed by atoms with E-state index in [1.807, 2.05) is 37.3 Å². The maximum absolute atomic E-state index is 10.8. The number of aliphatic carboxylic acids is 1. The van der Waals surface area contributed by atoms with Crippen LogP contribution >= 0.6 is 0 Å². The van der Waals surface area contributed by atoms with E-state index in [0.717, 1.165) is 21.9 Å². The van der Waals surface area contributed by atoms with Gasteiger partial charge in [-0.05, 0) is 29.3 Å². The molecule has 0 aliphatic heterocycles. The van der Waals surface area contributed by atoms with Gasteiger partial charge in [-0.3, -0.25) is 4.79 Å². The highest BCUT2D eigenvalue weighted by atomic mass is 16.5. The Morgan fingerprint density at radius 3 is 2.71 bits per heavy atom. The van der Waals surface area contributed by atoms with E-state index in [-0.39, 0.29) is 6.42 Å². The summed E-state index contributed by atoms with van der Waals surface area (Å²) in [7, 11) is 1.57. The molecular formula is C14H14O3. The molecule has 2 aromatic carbocycles. The van der Waals surface area contributed by atoms with E-state index in [2.05, 4.69) is 0 Å². The summed E-state index contributed by atoms with van der Waals surface area (Å²) in [6.45, 7) is 1.95. The lowest BCUT2D eigenvalue weighted by Gasteiger charge is -2.13. The van der Waals surface area contributed by atoms with Gasteiger partial charge in [-0.2, -0.15) is 0 Å². The van der Waals surface area contributed by atoms with Crippen molar-refractivity contribution in [3.8, 4) is 5.75 Å². The van der Waals surface area contributed by atoms with Crippen LogP contribution in [0.1, 0.15) is 11.1 Å². The van der Waals surface area contributed by atoms with Crippen LogP contribution in [0.5, 0.6) is 5.75 Å². The molecule has 3 heteroatoms. The number of carbonyl (C=O) groups is 1. The molecule has 3 nitrogen and oxygen atoms in total. The fraction of sp³-hybridized carbons (Fsp3) is 0.214. The molecule has 2 rings (SSSR count). The molecule has 0 saturated heterocycles. The summed E-state index contributed by atoms with van der Waals surface area (Å²) < 4.78 is 5.32. The quantitative estimate of drug-likeness (QED) is 0.881. The zero-order valence-corrected chi connectivity index (χ0v) is 9.86. The van der Waals surface area contributed by atoms with E-state index in [0.29, 0.717) is 5.75 Å². The van der Waals surface area contributed by atoms with Crippen LogP contribution < -0.4 is 4.74 Å². The van der Waals surface area contributed by atoms with Crippen LogP contribution in [-0.2, 0) is 11.2 Å². The second-order valence-corrected chi connectivity index (χ2v) is 3.99. The molecule has 0 unspecified atom stereocenters. The molecule has 0 aliphatic carbocycles. The van der Waals surface area contributed by atoms with Gasteiger partial charge in [-0.1, -0.05) is 24.3 Å². The standard InChI is InChI=1S/C14H14O3/c1-9-12-6-4-3-5-10(12)7-11(8-13(15)16)14(9)17-2/h3-7H,8H2,1-2H3,(H,15,16). The van der Waals surface area contributed by atoms with E-state index in [4.69, 9.17) is 9.84 Å². The highest BCUT2D eigenvalue weighted by Gasteiger charge is 2.13. The number of rotatable bonds is 3. The van der Waals surface area contributed by atoms with Crippen LogP contribution in [0.4, 0.5) is 0 Å². The molecule has 1 N–H and O–H groups in total. The van der Waals surface area contributed by atoms with Crippen molar-refractivity contribution in [2.45, 2.75) is 13.3 Å². The lowest BCUT2D eigenvalue weighted by atomic mass is 9.98. The monoisotopic (exact) mass is 230 g/mol. The topological polar surface area (TPSA) is 46.5 Å². The molecule has 2 aromatic rings. The van der Waals surface area contributed by atoms with E-state index in [1.165, 1.54) is 0 Å². The van der Waals surface area contributed by atoms with Crippen LogP contribution in [0.2, 0.25) is 0 Å². The highest BCUT2D eigenvalue weighted by molar-refractivity contribution is 5.89. The Morgan fingerprint density at radius 1 is 1.35 bits per heavy atom. The first-order chi connectivity index (χ1) is 8.13. The van der Waals surface area contributed by atoms with E-state index < -0.39 is 5.97 Å². The Morgan fingerprint density at radius 2 is 2.06 bits per heavy atom. The summed E-state index contributed by atoms with van der Waals surface area (Å²) in [5.74, 6) is -0.177. The first kappa shape index (κ1) is 11.5. The summed E-state index contributed by atoms with van der Waals surface area (Å²) in [5.41, 5.74) is 1.71. The van der Waals surface area contributed by atoms with Gasteiger partial charge in [0.25, 0.3) is 0 Å². The van der Waals surface area contributed by atoms with Crippen molar-refractivity contribution in [1.29, 1.82) is 0 Å². The van der Waals surface area contributed by atoms with E-state index >= 15 is 0 Å². The van der Waals surface area contributed by atoms with Crippen LogP contribution in [-0.4, -0.2) is 18.2 Å². The normalized spacial score (nSPS) is 10.5. The Kier molecular flexibility index (Phi) is 3.00. The predicted molar refractivity (Wildman–Crippen MR) is 66.6 cm³/mol. The largest absolute Gasteiger partial charge is 0.496 e. The summed E-state index contributed by atoms with van der Waals surface area (Å²) in [6, 6.07) is 9.78. The zero-order chi connectivity index (χ0) is 12.4. The van der Waals surface area contributed by atoms with E-state index in [9.17, 15) is 4.79 Å². The molecule has 0 spiro atoms. The number of carboxylic acids is 1. The number of carboxylic acid groups (broad SMARTS) is 1. The minimum Gasteiger partial charge on any atom is -0.496 e. The SMILES string of the molecule is COc1c(CC(=O)O)cc2ccccc2c1C. The average Bonchev–Trinajstić information content (AvgIpc) is 2.29. The van der Waals surface area contributed by atoms with Gasteiger partial charge >= 0.3 is 5.97 Å². The minimum absolute atomic E-state index is 0.0190. The van der Waals surface area contributed by atoms with Crippen molar-refractivity contribution in [3.63, 3.8) is 0 Å². The fourth-order valence-electron chi connectivity index (χ4n) is 2.16. The van der Waals surface area contributed by atoms with Gasteiger partial charge in [0.2, 0.25) is 0 Å². The lowest BCUT2D eigenvalue weighted by molar-refractivity contribution is -0.136. The van der Waals surface area contributed by atoms with Gasteiger partial charge in [0.15, 0.2) is 0 Å². The van der Waals surface area contributed by atoms with Crippen molar-refractivity contribution >= 4 is 16.7 Å². The molecule has 0 radical (unpaired) electrons. The van der Waals surface area contributed by atoms with Crippen molar-refractivity contribution in [1.82, 2.24) is 0 Å². The van der Waals surface area contributed by atoms with Crippen molar-refractivity contribution < 1.29 is 14.6 Å². The van der Waals surface area contributed by atoms with Crippen molar-refractivity contribution in [2.24, 2.45) is 0 Å². The molecule has 0 aliphatic rings. The van der Waals surface area contributed by atoms with Gasteiger partial charge in [0, 0.05) is 5.56 Å². The number of ether oxygens (including phenoxy) is 1. The minimum atomic E-state index is -0.849. The smallest absolute Gasteiger partial charge is 0.307 e. The van der Waals surface area contributed by atoms with Gasteiger partial charge < -0.3 is 9.84 Å². The number of aryl methyl sites for hydroxylation is 1. The number of hydrogen-bond donors (Lipinski definition) is 1. The Labute approximate surface area is 99.6 Å². The molecule has 0 atom stereocenters. The average molecular weight is 230 g/mol. The maximum Gasteiger partial charge on any atom is 0.307 e. The third kappa shape index (κ3) is 2.09. The van der Waals surface area contributed by atoms with Crippen LogP contribution in [0.15, 0.2) is 30.3 Å². The molecule has 0 amide bonds. The van der Waals surface area contributed by atoms with Crippen molar-refractivity contribution in [2.75, 3.05) is 7.11 Å². The molecule has 0 fully saturated rings.